The van der Waals surface area contributed by atoms with Crippen LogP contribution in [-0.4, -0.2) is 42.6 Å². The molecule has 2 unspecified atom stereocenters. The number of carbonyl (C=O) groups excluding carboxylic acids is 2. The first-order valence-corrected chi connectivity index (χ1v) is 6.45. The van der Waals surface area contributed by atoms with E-state index in [9.17, 15) is 14.4 Å². The molecule has 2 amide bonds. The topological polar surface area (TPSA) is 105 Å². The molecule has 1 aromatic rings. The van der Waals surface area contributed by atoms with Crippen LogP contribution in [0.25, 0.3) is 0 Å². The molecule has 1 heterocycles. The molecule has 112 valence electrons. The third-order valence-electron chi connectivity index (χ3n) is 3.34. The van der Waals surface area contributed by atoms with Crippen molar-refractivity contribution in [3.8, 4) is 0 Å². The van der Waals surface area contributed by atoms with E-state index in [0.29, 0.717) is 5.69 Å². The maximum atomic E-state index is 12.2. The minimum atomic E-state index is -1.15. The molecule has 21 heavy (non-hydrogen) atoms. The maximum Gasteiger partial charge on any atom is 0.334 e. The molecule has 0 bridgehead atoms. The predicted octanol–water partition coefficient (Wildman–Crippen LogP) is 0.328. The lowest BCUT2D eigenvalue weighted by molar-refractivity contribution is -0.148. The Labute approximate surface area is 121 Å². The van der Waals surface area contributed by atoms with Crippen LogP contribution < -0.4 is 10.6 Å². The largest absolute Gasteiger partial charge is 0.479 e. The van der Waals surface area contributed by atoms with Crippen LogP contribution in [0, 0.1) is 0 Å². The number of aliphatic carboxylic acids is 1. The Morgan fingerprint density at radius 1 is 1.48 bits per heavy atom. The van der Waals surface area contributed by atoms with Gasteiger partial charge in [0.05, 0.1) is 12.5 Å². The number of hydrogen-bond donors (Lipinski definition) is 3. The molecule has 2 rings (SSSR count). The molecular weight excluding hydrogens is 276 g/mol. The number of carboxylic acid groups (broad SMARTS) is 1. The maximum absolute atomic E-state index is 12.2. The fourth-order valence-corrected chi connectivity index (χ4v) is 2.23. The first kappa shape index (κ1) is 15.0. The van der Waals surface area contributed by atoms with Gasteiger partial charge in [0.1, 0.15) is 0 Å². The van der Waals surface area contributed by atoms with Crippen LogP contribution in [-0.2, 0) is 19.1 Å². The Balaban J connectivity index is 2.09. The molecule has 0 aromatic heterocycles. The van der Waals surface area contributed by atoms with Gasteiger partial charge in [0.2, 0.25) is 11.8 Å². The van der Waals surface area contributed by atoms with Crippen LogP contribution in [0.4, 0.5) is 5.69 Å². The quantitative estimate of drug-likeness (QED) is 0.725. The summed E-state index contributed by atoms with van der Waals surface area (Å²) in [6, 6.07) is 7.04. The zero-order valence-electron chi connectivity index (χ0n) is 11.5. The molecule has 0 spiro atoms. The molecule has 1 aromatic carbocycles. The summed E-state index contributed by atoms with van der Waals surface area (Å²) >= 11 is 0. The standard InChI is InChI=1S/C14H16N2O5/c1-21-11(14(19)20)7-15-13(18)9-6-12(17)16-10-5-3-2-4-8(9)10/h2-5,9,11H,6-7H2,1H3,(H,15,18)(H,16,17)(H,19,20). The number of nitrogens with one attached hydrogen (secondary N) is 2. The van der Waals surface area contributed by atoms with Crippen molar-refractivity contribution in [2.45, 2.75) is 18.4 Å². The van der Waals surface area contributed by atoms with Crippen LogP contribution in [0.2, 0.25) is 0 Å². The summed E-state index contributed by atoms with van der Waals surface area (Å²) in [7, 11) is 1.26. The van der Waals surface area contributed by atoms with E-state index in [0.717, 1.165) is 5.56 Å². The Hall–Kier alpha value is -2.41. The average Bonchev–Trinajstić information content (AvgIpc) is 2.46. The Kier molecular flexibility index (Phi) is 4.54. The number of benzene rings is 1. The normalized spacial score (nSPS) is 18.3. The summed E-state index contributed by atoms with van der Waals surface area (Å²) in [4.78, 5) is 34.7. The van der Waals surface area contributed by atoms with Crippen molar-refractivity contribution in [2.24, 2.45) is 0 Å². The fraction of sp³-hybridized carbons (Fsp3) is 0.357. The monoisotopic (exact) mass is 292 g/mol. The van der Waals surface area contributed by atoms with Gasteiger partial charge in [-0.15, -0.1) is 0 Å². The third-order valence-corrected chi connectivity index (χ3v) is 3.34. The zero-order chi connectivity index (χ0) is 15.4. The molecule has 0 saturated heterocycles. The van der Waals surface area contributed by atoms with Crippen LogP contribution in [0.1, 0.15) is 17.9 Å². The Morgan fingerprint density at radius 3 is 2.86 bits per heavy atom. The van der Waals surface area contributed by atoms with Gasteiger partial charge in [0.15, 0.2) is 6.10 Å². The molecule has 0 aliphatic carbocycles. The number of methoxy groups -OCH3 is 1. The number of hydrogen-bond acceptors (Lipinski definition) is 4. The van der Waals surface area contributed by atoms with Crippen molar-refractivity contribution in [1.82, 2.24) is 5.32 Å². The number of rotatable bonds is 5. The molecular formula is C14H16N2O5. The molecule has 1 aliphatic heterocycles. The zero-order valence-corrected chi connectivity index (χ0v) is 11.5. The number of carbonyl (C=O) groups is 3. The molecule has 1 aliphatic rings. The average molecular weight is 292 g/mol. The first-order chi connectivity index (χ1) is 10.0. The number of anilines is 1. The molecule has 7 heteroatoms. The van der Waals surface area contributed by atoms with E-state index in [1.807, 2.05) is 0 Å². The van der Waals surface area contributed by atoms with Crippen molar-refractivity contribution in [2.75, 3.05) is 19.0 Å². The van der Waals surface area contributed by atoms with Crippen molar-refractivity contribution in [1.29, 1.82) is 0 Å². The van der Waals surface area contributed by atoms with Crippen molar-refractivity contribution in [3.05, 3.63) is 29.8 Å². The van der Waals surface area contributed by atoms with Crippen LogP contribution in [0.3, 0.4) is 0 Å². The number of fused-ring (bicyclic) bond motifs is 1. The predicted molar refractivity (Wildman–Crippen MR) is 73.9 cm³/mol. The highest BCUT2D eigenvalue weighted by Crippen LogP contribution is 2.31. The van der Waals surface area contributed by atoms with Gasteiger partial charge in [-0.05, 0) is 11.6 Å². The van der Waals surface area contributed by atoms with E-state index in [1.165, 1.54) is 7.11 Å². The lowest BCUT2D eigenvalue weighted by Crippen LogP contribution is -2.41. The molecule has 0 saturated carbocycles. The van der Waals surface area contributed by atoms with Gasteiger partial charge in [-0.25, -0.2) is 4.79 Å². The highest BCUT2D eigenvalue weighted by molar-refractivity contribution is 6.01. The van der Waals surface area contributed by atoms with E-state index >= 15 is 0 Å². The van der Waals surface area contributed by atoms with Gasteiger partial charge in [-0.2, -0.15) is 0 Å². The number of ether oxygens (including phenoxy) is 1. The lowest BCUT2D eigenvalue weighted by atomic mass is 9.90. The molecule has 2 atom stereocenters. The Bertz CT molecular complexity index is 572. The second kappa shape index (κ2) is 6.36. The molecule has 3 N–H and O–H groups in total. The molecule has 7 nitrogen and oxygen atoms in total. The second-order valence-corrected chi connectivity index (χ2v) is 4.70. The van der Waals surface area contributed by atoms with Crippen LogP contribution in [0.5, 0.6) is 0 Å². The fourth-order valence-electron chi connectivity index (χ4n) is 2.23. The van der Waals surface area contributed by atoms with Gasteiger partial charge in [0.25, 0.3) is 0 Å². The van der Waals surface area contributed by atoms with E-state index in [1.54, 1.807) is 24.3 Å². The van der Waals surface area contributed by atoms with Crippen LogP contribution >= 0.6 is 0 Å². The van der Waals surface area contributed by atoms with Crippen molar-refractivity contribution >= 4 is 23.5 Å². The van der Waals surface area contributed by atoms with E-state index < -0.39 is 18.0 Å². The first-order valence-electron chi connectivity index (χ1n) is 6.45. The van der Waals surface area contributed by atoms with Crippen molar-refractivity contribution < 1.29 is 24.2 Å². The lowest BCUT2D eigenvalue weighted by Gasteiger charge is -2.25. The smallest absolute Gasteiger partial charge is 0.334 e. The summed E-state index contributed by atoms with van der Waals surface area (Å²) < 4.78 is 4.75. The van der Waals surface area contributed by atoms with Crippen LogP contribution in [0.15, 0.2) is 24.3 Å². The summed E-state index contributed by atoms with van der Waals surface area (Å²) in [5, 5.41) is 14.1. The Morgan fingerprint density at radius 2 is 2.19 bits per heavy atom. The number of carboxylic acids is 1. The summed E-state index contributed by atoms with van der Waals surface area (Å²) in [6.45, 7) is -0.148. The van der Waals surface area contributed by atoms with Gasteiger partial charge in [0, 0.05) is 19.2 Å². The highest BCUT2D eigenvalue weighted by atomic mass is 16.5. The third kappa shape index (κ3) is 3.38. The summed E-state index contributed by atoms with van der Waals surface area (Å²) in [5.41, 5.74) is 1.33. The summed E-state index contributed by atoms with van der Waals surface area (Å²) in [6.07, 6.45) is -1.07. The summed E-state index contributed by atoms with van der Waals surface area (Å²) in [5.74, 6) is -2.41. The molecule has 0 fully saturated rings. The van der Waals surface area contributed by atoms with Crippen molar-refractivity contribution in [3.63, 3.8) is 0 Å². The minimum absolute atomic E-state index is 0.0353. The van der Waals surface area contributed by atoms with Gasteiger partial charge >= 0.3 is 5.97 Å². The van der Waals surface area contributed by atoms with E-state index in [-0.39, 0.29) is 24.8 Å². The second-order valence-electron chi connectivity index (χ2n) is 4.70. The van der Waals surface area contributed by atoms with Gasteiger partial charge in [-0.3, -0.25) is 9.59 Å². The van der Waals surface area contributed by atoms with E-state index in [4.69, 9.17) is 9.84 Å². The molecule has 0 radical (unpaired) electrons. The SMILES string of the molecule is COC(CNC(=O)C1CC(=O)Nc2ccccc21)C(=O)O. The number of amides is 2. The van der Waals surface area contributed by atoms with Gasteiger partial charge < -0.3 is 20.5 Å². The van der Waals surface area contributed by atoms with E-state index in [2.05, 4.69) is 10.6 Å². The highest BCUT2D eigenvalue weighted by Gasteiger charge is 2.31. The van der Waals surface area contributed by atoms with Gasteiger partial charge in [-0.1, -0.05) is 18.2 Å². The number of para-hydroxylation sites is 1. The minimum Gasteiger partial charge on any atom is -0.479 e.